The summed E-state index contributed by atoms with van der Waals surface area (Å²) in [5.41, 5.74) is 4.55. The highest BCUT2D eigenvalue weighted by Crippen LogP contribution is 2.39. The van der Waals surface area contributed by atoms with Crippen molar-refractivity contribution in [3.8, 4) is 5.75 Å². The van der Waals surface area contributed by atoms with E-state index in [1.807, 2.05) is 87.4 Å². The summed E-state index contributed by atoms with van der Waals surface area (Å²) in [5.74, 6) is -0.830. The van der Waals surface area contributed by atoms with Crippen LogP contribution in [0.15, 0.2) is 78.4 Å². The second-order valence-corrected chi connectivity index (χ2v) is 10.1. The molecule has 1 aliphatic heterocycles. The van der Waals surface area contributed by atoms with Crippen LogP contribution in [0.5, 0.6) is 5.75 Å². The van der Waals surface area contributed by atoms with Crippen LogP contribution in [-0.2, 0) is 16.2 Å². The summed E-state index contributed by atoms with van der Waals surface area (Å²) in [6.07, 6.45) is 0. The van der Waals surface area contributed by atoms with Gasteiger partial charge in [-0.05, 0) is 68.5 Å². The van der Waals surface area contributed by atoms with Crippen LogP contribution in [0, 0.1) is 6.92 Å². The van der Waals surface area contributed by atoms with Gasteiger partial charge in [-0.3, -0.25) is 9.59 Å². The van der Waals surface area contributed by atoms with Crippen LogP contribution in [0.3, 0.4) is 0 Å². The predicted octanol–water partition coefficient (Wildman–Crippen LogP) is 4.62. The zero-order valence-electron chi connectivity index (χ0n) is 22.6. The summed E-state index contributed by atoms with van der Waals surface area (Å²) in [6.45, 7) is 3.41. The van der Waals surface area contributed by atoms with Crippen LogP contribution >= 0.6 is 0 Å². The fourth-order valence-corrected chi connectivity index (χ4v) is 4.55. The molecule has 1 fully saturated rings. The summed E-state index contributed by atoms with van der Waals surface area (Å²) >= 11 is 0. The van der Waals surface area contributed by atoms with E-state index in [1.165, 1.54) is 5.56 Å². The number of likely N-dealkylation sites (tertiary alicyclic amines) is 1. The van der Waals surface area contributed by atoms with Crippen molar-refractivity contribution < 1.29 is 19.4 Å². The molecule has 0 spiro atoms. The van der Waals surface area contributed by atoms with Gasteiger partial charge in [-0.1, -0.05) is 42.0 Å². The number of anilines is 1. The van der Waals surface area contributed by atoms with E-state index in [0.717, 1.165) is 16.8 Å². The van der Waals surface area contributed by atoms with Crippen molar-refractivity contribution >= 4 is 23.1 Å². The minimum absolute atomic E-state index is 0.0970. The first kappa shape index (κ1) is 26.9. The number of likely N-dealkylation sites (N-methyl/N-ethyl adjacent to an activating group) is 1. The van der Waals surface area contributed by atoms with Crippen LogP contribution in [-0.4, -0.2) is 67.9 Å². The Morgan fingerprint density at radius 3 is 2.24 bits per heavy atom. The molecule has 1 saturated heterocycles. The predicted molar refractivity (Wildman–Crippen MR) is 150 cm³/mol. The zero-order chi connectivity index (χ0) is 27.4. The Bertz CT molecular complexity index is 1330. The second-order valence-electron chi connectivity index (χ2n) is 10.1. The molecule has 0 bridgehead atoms. The van der Waals surface area contributed by atoms with Crippen LogP contribution in [0.25, 0.3) is 5.76 Å². The Kier molecular flexibility index (Phi) is 8.17. The lowest BCUT2D eigenvalue weighted by Crippen LogP contribution is -2.35. The Morgan fingerprint density at radius 2 is 1.63 bits per heavy atom. The maximum Gasteiger partial charge on any atom is 0.295 e. The quantitative estimate of drug-likeness (QED) is 0.256. The van der Waals surface area contributed by atoms with E-state index in [-0.39, 0.29) is 11.3 Å². The number of amides is 1. The third-order valence-electron chi connectivity index (χ3n) is 6.67. The number of ketones is 1. The van der Waals surface area contributed by atoms with Gasteiger partial charge in [-0.25, -0.2) is 0 Å². The van der Waals surface area contributed by atoms with Gasteiger partial charge in [0, 0.05) is 38.4 Å². The summed E-state index contributed by atoms with van der Waals surface area (Å²) in [7, 11) is 7.74. The average Bonchev–Trinajstić information content (AvgIpc) is 3.15. The minimum Gasteiger partial charge on any atom is -0.507 e. The molecule has 1 heterocycles. The monoisotopic (exact) mass is 513 g/mol. The fourth-order valence-electron chi connectivity index (χ4n) is 4.55. The van der Waals surface area contributed by atoms with Gasteiger partial charge in [-0.15, -0.1) is 0 Å². The van der Waals surface area contributed by atoms with E-state index in [9.17, 15) is 14.7 Å². The van der Waals surface area contributed by atoms with Gasteiger partial charge in [0.1, 0.15) is 18.1 Å². The number of hydrogen-bond donors (Lipinski definition) is 1. The number of nitrogens with zero attached hydrogens (tertiary/aromatic N) is 3. The summed E-state index contributed by atoms with van der Waals surface area (Å²) in [6, 6.07) is 22.1. The molecule has 7 nitrogen and oxygen atoms in total. The summed E-state index contributed by atoms with van der Waals surface area (Å²) in [4.78, 5) is 31.8. The van der Waals surface area contributed by atoms with Crippen LogP contribution in [0.4, 0.5) is 5.69 Å². The number of aryl methyl sites for hydroxylation is 1. The largest absolute Gasteiger partial charge is 0.507 e. The molecular formula is C31H35N3O4. The molecule has 0 radical (unpaired) electrons. The van der Waals surface area contributed by atoms with Crippen molar-refractivity contribution in [1.82, 2.24) is 9.80 Å². The summed E-state index contributed by atoms with van der Waals surface area (Å²) in [5, 5.41) is 11.3. The number of hydrogen-bond acceptors (Lipinski definition) is 6. The molecule has 0 aromatic heterocycles. The van der Waals surface area contributed by atoms with Gasteiger partial charge in [-0.2, -0.15) is 0 Å². The number of ether oxygens (including phenoxy) is 1. The van der Waals surface area contributed by atoms with Gasteiger partial charge in [0.05, 0.1) is 11.6 Å². The molecule has 1 amide bonds. The second kappa shape index (κ2) is 11.5. The Labute approximate surface area is 224 Å². The van der Waals surface area contributed by atoms with Crippen molar-refractivity contribution in [3.05, 3.63) is 101 Å². The van der Waals surface area contributed by atoms with Gasteiger partial charge in [0.2, 0.25) is 0 Å². The number of aliphatic hydroxyl groups is 1. The number of aliphatic hydroxyl groups excluding tert-OH is 1. The number of benzene rings is 3. The highest BCUT2D eigenvalue weighted by molar-refractivity contribution is 6.46. The highest BCUT2D eigenvalue weighted by Gasteiger charge is 2.45. The Morgan fingerprint density at radius 1 is 0.947 bits per heavy atom. The maximum absolute atomic E-state index is 13.2. The first-order valence-corrected chi connectivity index (χ1v) is 12.6. The Balaban J connectivity index is 1.65. The first-order valence-electron chi connectivity index (χ1n) is 12.6. The molecule has 4 rings (SSSR count). The highest BCUT2D eigenvalue weighted by atomic mass is 16.5. The lowest BCUT2D eigenvalue weighted by atomic mass is 9.95. The number of rotatable bonds is 9. The minimum atomic E-state index is -0.678. The molecule has 0 saturated carbocycles. The Hall–Kier alpha value is -4.10. The van der Waals surface area contributed by atoms with Crippen molar-refractivity contribution in [2.24, 2.45) is 0 Å². The molecule has 198 valence electrons. The van der Waals surface area contributed by atoms with E-state index in [4.69, 9.17) is 4.74 Å². The molecule has 38 heavy (non-hydrogen) atoms. The number of Topliss-reactive ketones (excluding diaryl/α,β-unsaturated/α-hetero) is 1. The maximum atomic E-state index is 13.2. The molecule has 1 N–H and O–H groups in total. The topological polar surface area (TPSA) is 73.3 Å². The van der Waals surface area contributed by atoms with Crippen LogP contribution in [0.2, 0.25) is 0 Å². The molecule has 3 aromatic carbocycles. The molecule has 7 heteroatoms. The number of carbonyl (C=O) groups excluding carboxylic acids is 2. The normalized spacial score (nSPS) is 16.8. The van der Waals surface area contributed by atoms with Gasteiger partial charge in [0.15, 0.2) is 0 Å². The van der Waals surface area contributed by atoms with Crippen molar-refractivity contribution in [2.45, 2.75) is 19.6 Å². The third-order valence-corrected chi connectivity index (χ3v) is 6.67. The van der Waals surface area contributed by atoms with Crippen LogP contribution in [0.1, 0.15) is 28.3 Å². The SMILES string of the molecule is Cc1cccc(COc2ccc(/C(O)=C3\C(=O)C(=O)N(CCN(C)C)C3c3ccc(N(C)C)cc3)cc2)c1. The van der Waals surface area contributed by atoms with Crippen molar-refractivity contribution in [2.75, 3.05) is 46.2 Å². The van der Waals surface area contributed by atoms with E-state index >= 15 is 0 Å². The third kappa shape index (κ3) is 5.89. The molecule has 1 aliphatic rings. The van der Waals surface area contributed by atoms with Crippen molar-refractivity contribution in [1.29, 1.82) is 0 Å². The first-order chi connectivity index (χ1) is 18.2. The molecule has 3 aromatic rings. The van der Waals surface area contributed by atoms with E-state index in [0.29, 0.717) is 31.0 Å². The average molecular weight is 514 g/mol. The van der Waals surface area contributed by atoms with Gasteiger partial charge >= 0.3 is 0 Å². The van der Waals surface area contributed by atoms with E-state index < -0.39 is 17.7 Å². The fraction of sp³-hybridized carbons (Fsp3) is 0.290. The number of carbonyl (C=O) groups is 2. The summed E-state index contributed by atoms with van der Waals surface area (Å²) < 4.78 is 5.90. The zero-order valence-corrected chi connectivity index (χ0v) is 22.6. The lowest BCUT2D eigenvalue weighted by molar-refractivity contribution is -0.140. The molecule has 1 atom stereocenters. The molecule has 0 aliphatic carbocycles. The van der Waals surface area contributed by atoms with Gasteiger partial charge < -0.3 is 24.5 Å². The standard InChI is InChI=1S/C31H35N3O4/c1-21-7-6-8-22(19-21)20-38-26-15-11-24(12-16-26)29(35)27-28(23-9-13-25(14-10-23)33(4)5)34(18-17-32(2)3)31(37)30(27)36/h6-16,19,28,35H,17-18,20H2,1-5H3/b29-27+. The molecule has 1 unspecified atom stereocenters. The smallest absolute Gasteiger partial charge is 0.295 e. The van der Waals surface area contributed by atoms with Crippen LogP contribution < -0.4 is 9.64 Å². The molecular weight excluding hydrogens is 478 g/mol. The van der Waals surface area contributed by atoms with E-state index in [1.54, 1.807) is 29.2 Å². The van der Waals surface area contributed by atoms with Gasteiger partial charge in [0.25, 0.3) is 11.7 Å². The van der Waals surface area contributed by atoms with Crippen molar-refractivity contribution in [3.63, 3.8) is 0 Å². The van der Waals surface area contributed by atoms with E-state index in [2.05, 4.69) is 6.07 Å². The lowest BCUT2D eigenvalue weighted by Gasteiger charge is -2.27.